The molecule has 10 nitrogen and oxygen atoms in total. The van der Waals surface area contributed by atoms with Crippen molar-refractivity contribution in [3.05, 3.63) is 32.4 Å². The molecular formula is C6H6N4O6S. The van der Waals surface area contributed by atoms with E-state index in [2.05, 4.69) is 0 Å². The second kappa shape index (κ2) is 3.95. The van der Waals surface area contributed by atoms with Crippen LogP contribution in [-0.2, 0) is 10.0 Å². The molecule has 17 heavy (non-hydrogen) atoms. The Morgan fingerprint density at radius 1 is 1.06 bits per heavy atom. The summed E-state index contributed by atoms with van der Waals surface area (Å²) in [5.41, 5.74) is 2.68. The molecule has 0 saturated carbocycles. The Morgan fingerprint density at radius 3 is 1.65 bits per heavy atom. The minimum atomic E-state index is -4.30. The molecule has 11 heteroatoms. The van der Waals surface area contributed by atoms with Gasteiger partial charge in [0, 0.05) is 12.1 Å². The molecule has 4 N–H and O–H groups in total. The number of nitrogens with two attached hydrogens (primary N) is 2. The van der Waals surface area contributed by atoms with Crippen molar-refractivity contribution in [2.45, 2.75) is 4.90 Å². The summed E-state index contributed by atoms with van der Waals surface area (Å²) in [6.45, 7) is 0. The van der Waals surface area contributed by atoms with Crippen molar-refractivity contribution >= 4 is 27.1 Å². The number of rotatable bonds is 3. The van der Waals surface area contributed by atoms with Gasteiger partial charge in [-0.05, 0) is 0 Å². The van der Waals surface area contributed by atoms with Crippen LogP contribution in [0.5, 0.6) is 0 Å². The predicted molar refractivity (Wildman–Crippen MR) is 55.5 cm³/mol. The van der Waals surface area contributed by atoms with Crippen LogP contribution in [0.25, 0.3) is 0 Å². The second-order valence-electron chi connectivity index (χ2n) is 2.93. The number of nitrogen functional groups attached to an aromatic ring is 1. The summed E-state index contributed by atoms with van der Waals surface area (Å²) in [5, 5.41) is 25.8. The number of nitrogens with zero attached hydrogens (tertiary/aromatic N) is 2. The van der Waals surface area contributed by atoms with Crippen LogP contribution in [0.1, 0.15) is 0 Å². The molecule has 0 unspecified atom stereocenters. The van der Waals surface area contributed by atoms with Gasteiger partial charge in [0.25, 0.3) is 0 Å². The van der Waals surface area contributed by atoms with Gasteiger partial charge in [-0.1, -0.05) is 0 Å². The zero-order valence-corrected chi connectivity index (χ0v) is 8.88. The maximum atomic E-state index is 11.0. The van der Waals surface area contributed by atoms with E-state index in [1.165, 1.54) is 0 Å². The SMILES string of the molecule is Nc1c([N+](=O)[O-])cc(S(N)(=O)=O)cc1[N+](=O)[O-]. The van der Waals surface area contributed by atoms with Gasteiger partial charge in [0.2, 0.25) is 10.0 Å². The minimum absolute atomic E-state index is 0.567. The largest absolute Gasteiger partial charge is 0.387 e. The molecule has 1 aromatic rings. The van der Waals surface area contributed by atoms with Crippen molar-refractivity contribution in [3.63, 3.8) is 0 Å². The van der Waals surface area contributed by atoms with E-state index in [1.807, 2.05) is 0 Å². The summed E-state index contributed by atoms with van der Waals surface area (Å²) in [6, 6.07) is 1.13. The maximum Gasteiger partial charge on any atom is 0.300 e. The summed E-state index contributed by atoms with van der Waals surface area (Å²) in [5.74, 6) is 0. The Balaban J connectivity index is 3.71. The fraction of sp³-hybridized carbons (Fsp3) is 0. The first-order valence-electron chi connectivity index (χ1n) is 3.89. The van der Waals surface area contributed by atoms with Crippen molar-refractivity contribution < 1.29 is 18.3 Å². The van der Waals surface area contributed by atoms with Gasteiger partial charge in [-0.25, -0.2) is 13.6 Å². The van der Waals surface area contributed by atoms with Gasteiger partial charge < -0.3 is 5.73 Å². The van der Waals surface area contributed by atoms with Gasteiger partial charge >= 0.3 is 11.4 Å². The van der Waals surface area contributed by atoms with E-state index < -0.39 is 41.8 Å². The average molecular weight is 262 g/mol. The predicted octanol–water partition coefficient (Wildman–Crippen LogP) is -0.267. The molecule has 92 valence electrons. The number of hydrogen-bond donors (Lipinski definition) is 2. The van der Waals surface area contributed by atoms with E-state index in [-0.39, 0.29) is 0 Å². The molecule has 0 aromatic heterocycles. The van der Waals surface area contributed by atoms with Crippen LogP contribution in [0.15, 0.2) is 17.0 Å². The standard InChI is InChI=1S/C6H6N4O6S/c7-6-4(9(11)12)1-3(17(8,15)16)2-5(6)10(13)14/h1-2H,7H2,(H2,8,15,16). The lowest BCUT2D eigenvalue weighted by molar-refractivity contribution is -0.392. The smallest absolute Gasteiger partial charge is 0.300 e. The fourth-order valence-electron chi connectivity index (χ4n) is 1.06. The van der Waals surface area contributed by atoms with Gasteiger partial charge in [0.15, 0.2) is 5.69 Å². The lowest BCUT2D eigenvalue weighted by atomic mass is 10.2. The first kappa shape index (κ1) is 12.8. The molecule has 0 amide bonds. The van der Waals surface area contributed by atoms with Gasteiger partial charge in [0.05, 0.1) is 14.7 Å². The highest BCUT2D eigenvalue weighted by Gasteiger charge is 2.27. The normalized spacial score (nSPS) is 11.1. The van der Waals surface area contributed by atoms with Gasteiger partial charge in [-0.3, -0.25) is 20.2 Å². The van der Waals surface area contributed by atoms with Crippen molar-refractivity contribution in [2.24, 2.45) is 5.14 Å². The first-order chi connectivity index (χ1) is 7.64. The highest BCUT2D eigenvalue weighted by atomic mass is 32.2. The number of nitro benzene ring substituents is 2. The van der Waals surface area contributed by atoms with Gasteiger partial charge in [-0.15, -0.1) is 0 Å². The molecule has 1 aromatic carbocycles. The zero-order valence-electron chi connectivity index (χ0n) is 8.06. The van der Waals surface area contributed by atoms with Crippen molar-refractivity contribution in [1.29, 1.82) is 0 Å². The van der Waals surface area contributed by atoms with E-state index in [4.69, 9.17) is 10.9 Å². The van der Waals surface area contributed by atoms with E-state index in [1.54, 1.807) is 0 Å². The Hall–Kier alpha value is -2.27. The van der Waals surface area contributed by atoms with Crippen molar-refractivity contribution in [3.8, 4) is 0 Å². The zero-order chi connectivity index (χ0) is 13.4. The summed E-state index contributed by atoms with van der Waals surface area (Å²) in [7, 11) is -4.30. The van der Waals surface area contributed by atoms with Crippen LogP contribution in [0.2, 0.25) is 0 Å². The number of sulfonamides is 1. The molecule has 0 bridgehead atoms. The molecule has 1 rings (SSSR count). The first-order valence-corrected chi connectivity index (χ1v) is 5.44. The minimum Gasteiger partial charge on any atom is -0.387 e. The van der Waals surface area contributed by atoms with Crippen molar-refractivity contribution in [2.75, 3.05) is 5.73 Å². The van der Waals surface area contributed by atoms with E-state index >= 15 is 0 Å². The highest BCUT2D eigenvalue weighted by molar-refractivity contribution is 7.89. The topological polar surface area (TPSA) is 172 Å². The summed E-state index contributed by atoms with van der Waals surface area (Å²) >= 11 is 0. The van der Waals surface area contributed by atoms with Gasteiger partial charge in [-0.2, -0.15) is 0 Å². The molecule has 0 fully saturated rings. The van der Waals surface area contributed by atoms with Crippen LogP contribution in [0.3, 0.4) is 0 Å². The Bertz CT molecular complexity index is 574. The number of benzene rings is 1. The number of hydrogen-bond acceptors (Lipinski definition) is 7. The average Bonchev–Trinajstić information content (AvgIpc) is 2.14. The maximum absolute atomic E-state index is 11.0. The molecule has 0 aliphatic heterocycles. The molecule has 0 spiro atoms. The summed E-state index contributed by atoms with van der Waals surface area (Å²) in [4.78, 5) is 18.3. The molecule has 0 saturated heterocycles. The summed E-state index contributed by atoms with van der Waals surface area (Å²) < 4.78 is 22.0. The van der Waals surface area contributed by atoms with Crippen LogP contribution < -0.4 is 10.9 Å². The Kier molecular flexibility index (Phi) is 2.97. The fourth-order valence-corrected chi connectivity index (χ4v) is 1.62. The van der Waals surface area contributed by atoms with Gasteiger partial charge in [0.1, 0.15) is 0 Å². The van der Waals surface area contributed by atoms with E-state index in [0.717, 1.165) is 0 Å². The number of anilines is 1. The quantitative estimate of drug-likeness (QED) is 0.428. The molecule has 0 heterocycles. The number of primary sulfonamides is 1. The molecular weight excluding hydrogens is 256 g/mol. The monoisotopic (exact) mass is 262 g/mol. The number of nitro groups is 2. The van der Waals surface area contributed by atoms with Crippen LogP contribution in [-0.4, -0.2) is 18.3 Å². The van der Waals surface area contributed by atoms with E-state index in [0.29, 0.717) is 12.1 Å². The molecule has 0 radical (unpaired) electrons. The van der Waals surface area contributed by atoms with Crippen LogP contribution in [0.4, 0.5) is 17.1 Å². The Labute approximate surface area is 94.2 Å². The van der Waals surface area contributed by atoms with E-state index in [9.17, 15) is 28.6 Å². The lowest BCUT2D eigenvalue weighted by Crippen LogP contribution is -2.13. The third-order valence-corrected chi connectivity index (χ3v) is 2.72. The lowest BCUT2D eigenvalue weighted by Gasteiger charge is -2.02. The third kappa shape index (κ3) is 2.46. The van der Waals surface area contributed by atoms with Crippen LogP contribution >= 0.6 is 0 Å². The molecule has 0 aliphatic rings. The summed E-state index contributed by atoms with van der Waals surface area (Å²) in [6.07, 6.45) is 0. The third-order valence-electron chi connectivity index (χ3n) is 1.83. The molecule has 0 aliphatic carbocycles. The highest BCUT2D eigenvalue weighted by Crippen LogP contribution is 2.33. The Morgan fingerprint density at radius 2 is 1.41 bits per heavy atom. The second-order valence-corrected chi connectivity index (χ2v) is 4.50. The van der Waals surface area contributed by atoms with Crippen LogP contribution in [0, 0.1) is 20.2 Å². The molecule has 0 atom stereocenters. The van der Waals surface area contributed by atoms with Crippen molar-refractivity contribution in [1.82, 2.24) is 0 Å².